The molecule has 0 N–H and O–H groups in total. The summed E-state index contributed by atoms with van der Waals surface area (Å²) in [6.45, 7) is 6.77. The number of nitrogens with zero attached hydrogens (tertiary/aromatic N) is 1. The topological polar surface area (TPSA) is 29.5 Å². The molecule has 0 aromatic heterocycles. The van der Waals surface area contributed by atoms with Crippen molar-refractivity contribution < 1.29 is 9.53 Å². The molecule has 0 bridgehead atoms. The molecule has 0 saturated carbocycles. The number of hydrogen-bond donors (Lipinski definition) is 0. The van der Waals surface area contributed by atoms with Crippen molar-refractivity contribution in [3.63, 3.8) is 0 Å². The van der Waals surface area contributed by atoms with E-state index in [1.165, 1.54) is 12.8 Å². The summed E-state index contributed by atoms with van der Waals surface area (Å²) in [4.78, 5) is 13.3. The van der Waals surface area contributed by atoms with Gasteiger partial charge in [-0.3, -0.25) is 0 Å². The highest BCUT2D eigenvalue weighted by Gasteiger charge is 2.25. The molecule has 0 amide bonds. The van der Waals surface area contributed by atoms with E-state index in [1.54, 1.807) is 0 Å². The quantitative estimate of drug-likeness (QED) is 0.651. The maximum absolute atomic E-state index is 11.0. The van der Waals surface area contributed by atoms with Crippen molar-refractivity contribution in [2.24, 2.45) is 5.41 Å². The van der Waals surface area contributed by atoms with Gasteiger partial charge >= 0.3 is 0 Å². The zero-order valence-corrected chi connectivity index (χ0v) is 10.9. The van der Waals surface area contributed by atoms with E-state index in [-0.39, 0.29) is 5.41 Å². The predicted octanol–water partition coefficient (Wildman–Crippen LogP) is 2.10. The van der Waals surface area contributed by atoms with Gasteiger partial charge in [-0.15, -0.1) is 0 Å². The van der Waals surface area contributed by atoms with Gasteiger partial charge in [0.2, 0.25) is 0 Å². The lowest BCUT2D eigenvalue weighted by Crippen LogP contribution is -2.40. The van der Waals surface area contributed by atoms with Crippen LogP contribution in [0.1, 0.15) is 39.5 Å². The van der Waals surface area contributed by atoms with Gasteiger partial charge in [0.25, 0.3) is 0 Å². The molecule has 2 atom stereocenters. The van der Waals surface area contributed by atoms with Crippen LogP contribution in [0.5, 0.6) is 0 Å². The number of carbonyl (C=O) groups is 1. The van der Waals surface area contributed by atoms with Gasteiger partial charge in [0.05, 0.1) is 6.10 Å². The molecule has 1 aliphatic heterocycles. The molecule has 3 heteroatoms. The van der Waals surface area contributed by atoms with Crippen LogP contribution >= 0.6 is 0 Å². The van der Waals surface area contributed by atoms with Crippen LogP contribution in [0.2, 0.25) is 0 Å². The normalized spacial score (nSPS) is 25.4. The summed E-state index contributed by atoms with van der Waals surface area (Å²) in [7, 11) is 2.08. The Morgan fingerprint density at radius 1 is 1.50 bits per heavy atom. The second-order valence-corrected chi connectivity index (χ2v) is 5.31. The van der Waals surface area contributed by atoms with E-state index in [2.05, 4.69) is 18.9 Å². The molecule has 1 saturated heterocycles. The lowest BCUT2D eigenvalue weighted by Gasteiger charge is -2.32. The third-order valence-electron chi connectivity index (χ3n) is 3.51. The zero-order chi connectivity index (χ0) is 12.0. The first kappa shape index (κ1) is 13.7. The van der Waals surface area contributed by atoms with Crippen LogP contribution in [-0.4, -0.2) is 44.0 Å². The molecule has 3 nitrogen and oxygen atoms in total. The lowest BCUT2D eigenvalue weighted by atomic mass is 9.89. The highest BCUT2D eigenvalue weighted by atomic mass is 16.5. The molecule has 0 aliphatic carbocycles. The second-order valence-electron chi connectivity index (χ2n) is 5.31. The summed E-state index contributed by atoms with van der Waals surface area (Å²) in [5, 5.41) is 0. The molecule has 0 aromatic carbocycles. The van der Waals surface area contributed by atoms with E-state index in [9.17, 15) is 4.79 Å². The van der Waals surface area contributed by atoms with Crippen LogP contribution in [0.25, 0.3) is 0 Å². The first-order valence-electron chi connectivity index (χ1n) is 6.36. The van der Waals surface area contributed by atoms with Crippen LogP contribution in [-0.2, 0) is 9.53 Å². The Morgan fingerprint density at radius 2 is 2.25 bits per heavy atom. The van der Waals surface area contributed by atoms with Crippen LogP contribution in [0.4, 0.5) is 0 Å². The van der Waals surface area contributed by atoms with Crippen LogP contribution in [0, 0.1) is 5.41 Å². The molecule has 0 spiro atoms. The first-order valence-corrected chi connectivity index (χ1v) is 6.36. The van der Waals surface area contributed by atoms with Crippen molar-refractivity contribution >= 4 is 6.29 Å². The van der Waals surface area contributed by atoms with Crippen molar-refractivity contribution in [1.29, 1.82) is 0 Å². The molecule has 16 heavy (non-hydrogen) atoms. The summed E-state index contributed by atoms with van der Waals surface area (Å²) in [5.74, 6) is 0. The van der Waals surface area contributed by atoms with Crippen LogP contribution in [0.3, 0.4) is 0 Å². The molecule has 1 fully saturated rings. The van der Waals surface area contributed by atoms with E-state index in [0.29, 0.717) is 6.10 Å². The summed E-state index contributed by atoms with van der Waals surface area (Å²) in [6.07, 6.45) is 5.98. The fourth-order valence-corrected chi connectivity index (χ4v) is 2.21. The van der Waals surface area contributed by atoms with Crippen molar-refractivity contribution in [2.75, 3.05) is 26.7 Å². The number of ether oxygens (including phenoxy) is 1. The molecular formula is C13H25NO2. The minimum atomic E-state index is -0.205. The highest BCUT2D eigenvalue weighted by Crippen LogP contribution is 2.20. The van der Waals surface area contributed by atoms with E-state index in [1.807, 2.05) is 6.92 Å². The average Bonchev–Trinajstić information content (AvgIpc) is 2.30. The molecule has 1 aliphatic rings. The Labute approximate surface area is 99.1 Å². The van der Waals surface area contributed by atoms with E-state index in [0.717, 1.165) is 38.8 Å². The van der Waals surface area contributed by atoms with Gasteiger partial charge < -0.3 is 14.4 Å². The number of hydrogen-bond acceptors (Lipinski definition) is 3. The Bertz CT molecular complexity index is 214. The lowest BCUT2D eigenvalue weighted by molar-refractivity contribution is -0.116. The maximum Gasteiger partial charge on any atom is 0.127 e. The molecule has 2 unspecified atom stereocenters. The maximum atomic E-state index is 11.0. The number of carbonyl (C=O) groups excluding carboxylic acids is 1. The Kier molecular flexibility index (Phi) is 5.42. The van der Waals surface area contributed by atoms with Crippen LogP contribution in [0.15, 0.2) is 0 Å². The Balaban J connectivity index is 2.33. The van der Waals surface area contributed by atoms with E-state index < -0.39 is 0 Å². The van der Waals surface area contributed by atoms with Gasteiger partial charge in [-0.25, -0.2) is 0 Å². The van der Waals surface area contributed by atoms with Crippen molar-refractivity contribution in [1.82, 2.24) is 4.90 Å². The van der Waals surface area contributed by atoms with Gasteiger partial charge in [0.15, 0.2) is 0 Å². The largest absolute Gasteiger partial charge is 0.377 e. The molecule has 1 heterocycles. The fraction of sp³-hybridized carbons (Fsp3) is 0.923. The van der Waals surface area contributed by atoms with Crippen molar-refractivity contribution in [3.05, 3.63) is 0 Å². The predicted molar refractivity (Wildman–Crippen MR) is 65.6 cm³/mol. The summed E-state index contributed by atoms with van der Waals surface area (Å²) < 4.78 is 5.70. The second kappa shape index (κ2) is 6.36. The monoisotopic (exact) mass is 227 g/mol. The number of aldehydes is 1. The van der Waals surface area contributed by atoms with E-state index >= 15 is 0 Å². The smallest absolute Gasteiger partial charge is 0.127 e. The zero-order valence-electron chi connectivity index (χ0n) is 10.9. The summed E-state index contributed by atoms with van der Waals surface area (Å²) >= 11 is 0. The molecule has 0 radical (unpaired) electrons. The number of likely N-dealkylation sites (N-methyl/N-ethyl adjacent to an activating group) is 1. The van der Waals surface area contributed by atoms with Crippen molar-refractivity contribution in [2.45, 2.75) is 45.6 Å². The third kappa shape index (κ3) is 4.22. The molecule has 0 aromatic rings. The first-order chi connectivity index (χ1) is 7.59. The van der Waals surface area contributed by atoms with Crippen molar-refractivity contribution in [3.8, 4) is 0 Å². The molecule has 1 rings (SSSR count). The molecule has 94 valence electrons. The number of rotatable bonds is 6. The summed E-state index contributed by atoms with van der Waals surface area (Å²) in [6, 6.07) is 0. The SMILES string of the molecule is CCC(C)(C=O)CN(C)CC1CCCCO1. The third-order valence-corrected chi connectivity index (χ3v) is 3.51. The van der Waals surface area contributed by atoms with Crippen LogP contribution < -0.4 is 0 Å². The minimum Gasteiger partial charge on any atom is -0.377 e. The fourth-order valence-electron chi connectivity index (χ4n) is 2.21. The minimum absolute atomic E-state index is 0.205. The standard InChI is InChI=1S/C13H25NO2/c1-4-13(2,11-15)10-14(3)9-12-7-5-6-8-16-12/h11-12H,4-10H2,1-3H3. The van der Waals surface area contributed by atoms with Gasteiger partial charge in [-0.05, 0) is 32.7 Å². The average molecular weight is 227 g/mol. The summed E-state index contributed by atoms with van der Waals surface area (Å²) in [5.41, 5.74) is -0.205. The van der Waals surface area contributed by atoms with E-state index in [4.69, 9.17) is 4.74 Å². The molecular weight excluding hydrogens is 202 g/mol. The Morgan fingerprint density at radius 3 is 2.75 bits per heavy atom. The van der Waals surface area contributed by atoms with Gasteiger partial charge in [-0.2, -0.15) is 0 Å². The van der Waals surface area contributed by atoms with Gasteiger partial charge in [0.1, 0.15) is 6.29 Å². The highest BCUT2D eigenvalue weighted by molar-refractivity contribution is 5.58. The van der Waals surface area contributed by atoms with Gasteiger partial charge in [0, 0.05) is 25.1 Å². The Hall–Kier alpha value is -0.410. The van der Waals surface area contributed by atoms with Gasteiger partial charge in [-0.1, -0.05) is 13.8 Å².